The van der Waals surface area contributed by atoms with E-state index < -0.39 is 0 Å². The lowest BCUT2D eigenvalue weighted by molar-refractivity contribution is 0.304. The molecule has 1 rings (SSSR count). The molecular formula is C9H12Cl2N2O. The topological polar surface area (TPSA) is 49.5 Å². The molecule has 0 heterocycles. The average Bonchev–Trinajstić information content (AvgIpc) is 2.01. The van der Waals surface area contributed by atoms with Gasteiger partial charge in [0.25, 0.3) is 0 Å². The number of rotatable bonds is 3. The first kappa shape index (κ1) is 11.4. The number of nitrogens with zero attached hydrogens (tertiary/aromatic N) is 1. The van der Waals surface area contributed by atoms with Crippen molar-refractivity contribution >= 4 is 34.6 Å². The van der Waals surface area contributed by atoms with Crippen LogP contribution >= 0.6 is 23.2 Å². The monoisotopic (exact) mass is 234 g/mol. The summed E-state index contributed by atoms with van der Waals surface area (Å²) in [6.45, 7) is 0.525. The number of aliphatic hydroxyl groups excluding tert-OH is 1. The molecule has 1 aromatic carbocycles. The van der Waals surface area contributed by atoms with Gasteiger partial charge < -0.3 is 15.7 Å². The lowest BCUT2D eigenvalue weighted by atomic mass is 10.2. The van der Waals surface area contributed by atoms with Crippen LogP contribution in [-0.2, 0) is 0 Å². The van der Waals surface area contributed by atoms with Crippen molar-refractivity contribution in [2.24, 2.45) is 0 Å². The molecule has 0 amide bonds. The lowest BCUT2D eigenvalue weighted by Gasteiger charge is -2.21. The SMILES string of the molecule is CN(CCO)c1c(Cl)cc(N)cc1Cl. The fourth-order valence-electron chi connectivity index (χ4n) is 1.21. The van der Waals surface area contributed by atoms with Crippen molar-refractivity contribution in [1.29, 1.82) is 0 Å². The van der Waals surface area contributed by atoms with Gasteiger partial charge in [-0.05, 0) is 12.1 Å². The van der Waals surface area contributed by atoms with Gasteiger partial charge in [0.15, 0.2) is 0 Å². The minimum Gasteiger partial charge on any atom is -0.399 e. The Morgan fingerprint density at radius 3 is 2.29 bits per heavy atom. The summed E-state index contributed by atoms with van der Waals surface area (Å²) < 4.78 is 0. The molecule has 5 heteroatoms. The quantitative estimate of drug-likeness (QED) is 0.788. The van der Waals surface area contributed by atoms with Crippen LogP contribution in [0.4, 0.5) is 11.4 Å². The Morgan fingerprint density at radius 2 is 1.86 bits per heavy atom. The van der Waals surface area contributed by atoms with E-state index in [2.05, 4.69) is 0 Å². The molecule has 0 bridgehead atoms. The van der Waals surface area contributed by atoms with E-state index in [0.29, 0.717) is 28.0 Å². The fourth-order valence-corrected chi connectivity index (χ4v) is 2.00. The number of benzene rings is 1. The fraction of sp³-hybridized carbons (Fsp3) is 0.333. The first-order valence-corrected chi connectivity index (χ1v) is 4.88. The first-order valence-electron chi connectivity index (χ1n) is 4.12. The van der Waals surface area contributed by atoms with Crippen LogP contribution in [0.3, 0.4) is 0 Å². The van der Waals surface area contributed by atoms with E-state index in [-0.39, 0.29) is 6.61 Å². The molecule has 0 unspecified atom stereocenters. The minimum absolute atomic E-state index is 0.0491. The van der Waals surface area contributed by atoms with Gasteiger partial charge in [-0.2, -0.15) is 0 Å². The molecule has 0 saturated carbocycles. The second-order valence-corrected chi connectivity index (χ2v) is 3.79. The molecule has 0 aliphatic rings. The van der Waals surface area contributed by atoms with Gasteiger partial charge in [0.1, 0.15) is 0 Å². The summed E-state index contributed by atoms with van der Waals surface area (Å²) in [5.41, 5.74) is 6.79. The number of aliphatic hydroxyl groups is 1. The minimum atomic E-state index is 0.0491. The Hall–Kier alpha value is -0.640. The number of likely N-dealkylation sites (N-methyl/N-ethyl adjacent to an activating group) is 1. The first-order chi connectivity index (χ1) is 6.56. The smallest absolute Gasteiger partial charge is 0.0744 e. The van der Waals surface area contributed by atoms with E-state index in [1.54, 1.807) is 24.1 Å². The van der Waals surface area contributed by atoms with Crippen molar-refractivity contribution in [3.05, 3.63) is 22.2 Å². The summed E-state index contributed by atoms with van der Waals surface area (Å²) in [6.07, 6.45) is 0. The summed E-state index contributed by atoms with van der Waals surface area (Å²) in [7, 11) is 1.81. The van der Waals surface area contributed by atoms with E-state index >= 15 is 0 Å². The van der Waals surface area contributed by atoms with E-state index in [1.165, 1.54) is 0 Å². The van der Waals surface area contributed by atoms with Gasteiger partial charge in [0, 0.05) is 19.3 Å². The molecule has 0 aliphatic heterocycles. The van der Waals surface area contributed by atoms with E-state index in [9.17, 15) is 0 Å². The van der Waals surface area contributed by atoms with Crippen molar-refractivity contribution < 1.29 is 5.11 Å². The van der Waals surface area contributed by atoms with Crippen LogP contribution in [-0.4, -0.2) is 25.3 Å². The number of halogens is 2. The molecule has 0 aromatic heterocycles. The molecule has 0 radical (unpaired) electrons. The molecule has 0 atom stereocenters. The summed E-state index contributed by atoms with van der Waals surface area (Å²) in [5.74, 6) is 0. The molecule has 78 valence electrons. The Balaban J connectivity index is 3.07. The summed E-state index contributed by atoms with van der Waals surface area (Å²) in [6, 6.07) is 3.27. The average molecular weight is 235 g/mol. The molecular weight excluding hydrogens is 223 g/mol. The van der Waals surface area contributed by atoms with Crippen molar-refractivity contribution in [1.82, 2.24) is 0 Å². The molecule has 3 N–H and O–H groups in total. The Morgan fingerprint density at radius 1 is 1.36 bits per heavy atom. The van der Waals surface area contributed by atoms with Gasteiger partial charge in [-0.1, -0.05) is 23.2 Å². The van der Waals surface area contributed by atoms with Crippen LogP contribution in [0.2, 0.25) is 10.0 Å². The van der Waals surface area contributed by atoms with Gasteiger partial charge in [0.05, 0.1) is 22.3 Å². The van der Waals surface area contributed by atoms with E-state index in [0.717, 1.165) is 0 Å². The van der Waals surface area contributed by atoms with Crippen LogP contribution in [0, 0.1) is 0 Å². The molecule has 14 heavy (non-hydrogen) atoms. The van der Waals surface area contributed by atoms with Gasteiger partial charge in [-0.15, -0.1) is 0 Å². The van der Waals surface area contributed by atoms with E-state index in [4.69, 9.17) is 34.0 Å². The maximum absolute atomic E-state index is 8.78. The summed E-state index contributed by atoms with van der Waals surface area (Å²) >= 11 is 12.0. The summed E-state index contributed by atoms with van der Waals surface area (Å²) in [4.78, 5) is 1.78. The third-order valence-electron chi connectivity index (χ3n) is 1.86. The van der Waals surface area contributed by atoms with Crippen LogP contribution in [0.25, 0.3) is 0 Å². The molecule has 0 saturated heterocycles. The Labute approximate surface area is 93.0 Å². The van der Waals surface area contributed by atoms with Gasteiger partial charge in [-0.3, -0.25) is 0 Å². The Bertz CT molecular complexity index is 308. The molecule has 1 aromatic rings. The number of nitrogen functional groups attached to an aromatic ring is 1. The predicted octanol–water partition coefficient (Wildman–Crippen LogP) is 2.00. The van der Waals surface area contributed by atoms with Gasteiger partial charge >= 0.3 is 0 Å². The number of nitrogens with two attached hydrogens (primary N) is 1. The van der Waals surface area contributed by atoms with Crippen molar-refractivity contribution in [3.63, 3.8) is 0 Å². The second-order valence-electron chi connectivity index (χ2n) is 2.98. The molecule has 0 spiro atoms. The highest BCUT2D eigenvalue weighted by molar-refractivity contribution is 6.39. The zero-order valence-corrected chi connectivity index (χ0v) is 9.31. The number of hydrogen-bond acceptors (Lipinski definition) is 3. The van der Waals surface area contributed by atoms with Crippen LogP contribution in [0.15, 0.2) is 12.1 Å². The number of anilines is 2. The maximum Gasteiger partial charge on any atom is 0.0744 e. The van der Waals surface area contributed by atoms with Crippen molar-refractivity contribution in [3.8, 4) is 0 Å². The van der Waals surface area contributed by atoms with E-state index in [1.807, 2.05) is 0 Å². The lowest BCUT2D eigenvalue weighted by Crippen LogP contribution is -2.21. The van der Waals surface area contributed by atoms with Gasteiger partial charge in [0.2, 0.25) is 0 Å². The van der Waals surface area contributed by atoms with Crippen molar-refractivity contribution in [2.45, 2.75) is 0 Å². The molecule has 3 nitrogen and oxygen atoms in total. The van der Waals surface area contributed by atoms with Crippen LogP contribution in [0.5, 0.6) is 0 Å². The highest BCUT2D eigenvalue weighted by Gasteiger charge is 2.11. The third-order valence-corrected chi connectivity index (χ3v) is 2.43. The largest absolute Gasteiger partial charge is 0.399 e. The zero-order chi connectivity index (χ0) is 10.7. The normalized spacial score (nSPS) is 10.3. The second kappa shape index (κ2) is 4.73. The van der Waals surface area contributed by atoms with Crippen LogP contribution in [0.1, 0.15) is 0 Å². The van der Waals surface area contributed by atoms with Gasteiger partial charge in [-0.25, -0.2) is 0 Å². The highest BCUT2D eigenvalue weighted by Crippen LogP contribution is 2.34. The molecule has 0 fully saturated rings. The Kier molecular flexibility index (Phi) is 3.86. The maximum atomic E-state index is 8.78. The number of hydrogen-bond donors (Lipinski definition) is 2. The standard InChI is InChI=1S/C9H12Cl2N2O/c1-13(2-3-14)9-7(10)4-6(12)5-8(9)11/h4-5,14H,2-3,12H2,1H3. The van der Waals surface area contributed by atoms with Crippen LogP contribution < -0.4 is 10.6 Å². The highest BCUT2D eigenvalue weighted by atomic mass is 35.5. The molecule has 0 aliphatic carbocycles. The predicted molar refractivity (Wildman–Crippen MR) is 61.2 cm³/mol. The zero-order valence-electron chi connectivity index (χ0n) is 7.80. The summed E-state index contributed by atoms with van der Waals surface area (Å²) in [5, 5.41) is 9.77. The van der Waals surface area contributed by atoms with Crippen molar-refractivity contribution in [2.75, 3.05) is 30.8 Å². The third kappa shape index (κ3) is 2.44.